The fourth-order valence-electron chi connectivity index (χ4n) is 4.41. The summed E-state index contributed by atoms with van der Waals surface area (Å²) in [5.41, 5.74) is 1.54. The summed E-state index contributed by atoms with van der Waals surface area (Å²) in [4.78, 5) is 21.0. The Kier molecular flexibility index (Phi) is 5.80. The number of ether oxygens (including phenoxy) is 1. The van der Waals surface area contributed by atoms with Crippen molar-refractivity contribution in [2.45, 2.75) is 19.0 Å². The standard InChI is InChI=1S/C27H21N2O7P/c1-27(2,37(34)26-10-6-4-8-22(26)21-7-3-5-9-24(21)36-37)18-11-14-20(15-12-18)35-25-16-13-19(28(30)31)17-23(25)29(32)33/h3-17H,1-2H3. The Bertz CT molecular complexity index is 1600. The van der Waals surface area contributed by atoms with Crippen LogP contribution in [0.5, 0.6) is 17.2 Å². The minimum absolute atomic E-state index is 0.128. The molecule has 10 heteroatoms. The molecule has 9 nitrogen and oxygen atoms in total. The predicted octanol–water partition coefficient (Wildman–Crippen LogP) is 7.19. The molecule has 0 fully saturated rings. The second kappa shape index (κ2) is 8.87. The van der Waals surface area contributed by atoms with Crippen molar-refractivity contribution in [3.63, 3.8) is 0 Å². The van der Waals surface area contributed by atoms with Crippen LogP contribution >= 0.6 is 7.37 Å². The highest BCUT2D eigenvalue weighted by Crippen LogP contribution is 2.66. The van der Waals surface area contributed by atoms with Gasteiger partial charge in [0.2, 0.25) is 5.75 Å². The Labute approximate surface area is 212 Å². The van der Waals surface area contributed by atoms with Crippen LogP contribution < -0.4 is 14.6 Å². The van der Waals surface area contributed by atoms with Gasteiger partial charge in [0.25, 0.3) is 13.1 Å². The van der Waals surface area contributed by atoms with E-state index in [1.54, 1.807) is 24.3 Å². The summed E-state index contributed by atoms with van der Waals surface area (Å²) in [7, 11) is -3.47. The third-order valence-corrected chi connectivity index (χ3v) is 9.71. The fraction of sp³-hybridized carbons (Fsp3) is 0.111. The van der Waals surface area contributed by atoms with Gasteiger partial charge < -0.3 is 9.26 Å². The average Bonchev–Trinajstić information content (AvgIpc) is 2.89. The minimum atomic E-state index is -3.47. The average molecular weight is 516 g/mol. The minimum Gasteiger partial charge on any atom is -0.450 e. The SMILES string of the molecule is CC(C)(c1ccc(Oc2ccc([N+](=O)[O-])cc2[N+](=O)[O-])cc1)P1(=O)Oc2ccccc2-c2ccccc21. The molecule has 0 aromatic heterocycles. The summed E-state index contributed by atoms with van der Waals surface area (Å²) in [6.45, 7) is 3.71. The molecule has 186 valence electrons. The van der Waals surface area contributed by atoms with E-state index >= 15 is 0 Å². The summed E-state index contributed by atoms with van der Waals surface area (Å²) in [6.07, 6.45) is 0. The maximum atomic E-state index is 14.6. The number of nitro groups is 2. The van der Waals surface area contributed by atoms with E-state index in [9.17, 15) is 24.8 Å². The Balaban J connectivity index is 1.49. The van der Waals surface area contributed by atoms with Crippen LogP contribution in [0, 0.1) is 20.2 Å². The van der Waals surface area contributed by atoms with Gasteiger partial charge in [0, 0.05) is 11.6 Å². The van der Waals surface area contributed by atoms with Crippen molar-refractivity contribution < 1.29 is 23.7 Å². The van der Waals surface area contributed by atoms with Crippen molar-refractivity contribution in [1.29, 1.82) is 0 Å². The molecule has 1 atom stereocenters. The molecule has 0 aliphatic carbocycles. The monoisotopic (exact) mass is 516 g/mol. The second-order valence-corrected chi connectivity index (χ2v) is 11.9. The first-order chi connectivity index (χ1) is 17.6. The van der Waals surface area contributed by atoms with Crippen molar-refractivity contribution in [3.05, 3.63) is 117 Å². The van der Waals surface area contributed by atoms with Crippen LogP contribution in [0.4, 0.5) is 11.4 Å². The first-order valence-corrected chi connectivity index (χ1v) is 12.9. The molecule has 1 aliphatic rings. The molecule has 5 rings (SSSR count). The number of hydrogen-bond acceptors (Lipinski definition) is 7. The van der Waals surface area contributed by atoms with Crippen molar-refractivity contribution in [1.82, 2.24) is 0 Å². The van der Waals surface area contributed by atoms with E-state index in [1.165, 1.54) is 6.07 Å². The van der Waals surface area contributed by atoms with Crippen LogP contribution in [0.1, 0.15) is 19.4 Å². The fourth-order valence-corrected chi connectivity index (χ4v) is 7.05. The number of para-hydroxylation sites is 1. The number of rotatable bonds is 6. The number of nitro benzene ring substituents is 2. The van der Waals surface area contributed by atoms with Crippen LogP contribution in [-0.2, 0) is 9.72 Å². The molecule has 4 aromatic rings. The number of non-ortho nitro benzene ring substituents is 1. The number of fused-ring (bicyclic) bond motifs is 3. The topological polar surface area (TPSA) is 122 Å². The summed E-state index contributed by atoms with van der Waals surface area (Å²) >= 11 is 0. The molecule has 0 spiro atoms. The van der Waals surface area contributed by atoms with Crippen LogP contribution in [0.3, 0.4) is 0 Å². The lowest BCUT2D eigenvalue weighted by Crippen LogP contribution is -2.31. The van der Waals surface area contributed by atoms with Gasteiger partial charge in [-0.2, -0.15) is 0 Å². The Hall–Kier alpha value is -4.49. The molecule has 0 amide bonds. The van der Waals surface area contributed by atoms with E-state index < -0.39 is 33.7 Å². The van der Waals surface area contributed by atoms with Gasteiger partial charge in [0.05, 0.1) is 26.4 Å². The summed E-state index contributed by atoms with van der Waals surface area (Å²) in [5, 5.41) is 22.1. The van der Waals surface area contributed by atoms with Crippen molar-refractivity contribution in [3.8, 4) is 28.4 Å². The Morgan fingerprint density at radius 2 is 1.46 bits per heavy atom. The maximum absolute atomic E-state index is 14.6. The Morgan fingerprint density at radius 3 is 2.14 bits per heavy atom. The normalized spacial score (nSPS) is 16.2. The molecule has 1 unspecified atom stereocenters. The molecule has 1 aliphatic heterocycles. The van der Waals surface area contributed by atoms with Gasteiger partial charge in [0.15, 0.2) is 0 Å². The quantitative estimate of drug-likeness (QED) is 0.151. The first kappa shape index (κ1) is 24.2. The summed E-state index contributed by atoms with van der Waals surface area (Å²) < 4.78 is 26.6. The Morgan fingerprint density at radius 1 is 0.811 bits per heavy atom. The summed E-state index contributed by atoms with van der Waals surface area (Å²) in [6, 6.07) is 24.9. The molecule has 1 heterocycles. The molecular formula is C27H21N2O7P. The van der Waals surface area contributed by atoms with E-state index in [0.717, 1.165) is 28.8 Å². The zero-order chi connectivity index (χ0) is 26.4. The highest BCUT2D eigenvalue weighted by atomic mass is 31.2. The van der Waals surface area contributed by atoms with Gasteiger partial charge in [-0.05, 0) is 55.3 Å². The van der Waals surface area contributed by atoms with Crippen molar-refractivity contribution >= 4 is 24.0 Å². The first-order valence-electron chi connectivity index (χ1n) is 11.3. The van der Waals surface area contributed by atoms with Gasteiger partial charge in [0.1, 0.15) is 11.5 Å². The third kappa shape index (κ3) is 4.03. The van der Waals surface area contributed by atoms with E-state index in [-0.39, 0.29) is 11.5 Å². The molecule has 0 saturated heterocycles. The van der Waals surface area contributed by atoms with Crippen molar-refractivity contribution in [2.75, 3.05) is 0 Å². The highest BCUT2D eigenvalue weighted by molar-refractivity contribution is 7.68. The lowest BCUT2D eigenvalue weighted by molar-refractivity contribution is -0.394. The predicted molar refractivity (Wildman–Crippen MR) is 139 cm³/mol. The number of hydrogen-bond donors (Lipinski definition) is 0. The highest BCUT2D eigenvalue weighted by Gasteiger charge is 2.49. The molecule has 0 saturated carbocycles. The smallest absolute Gasteiger partial charge is 0.318 e. The molecule has 0 N–H and O–H groups in total. The van der Waals surface area contributed by atoms with Crippen LogP contribution in [0.25, 0.3) is 11.1 Å². The lowest BCUT2D eigenvalue weighted by atomic mass is 10.0. The van der Waals surface area contributed by atoms with Gasteiger partial charge in [-0.3, -0.25) is 24.8 Å². The van der Waals surface area contributed by atoms with Crippen LogP contribution in [0.2, 0.25) is 0 Å². The van der Waals surface area contributed by atoms with Gasteiger partial charge in [-0.1, -0.05) is 48.5 Å². The molecular weight excluding hydrogens is 495 g/mol. The molecule has 0 bridgehead atoms. The summed E-state index contributed by atoms with van der Waals surface area (Å²) in [5.74, 6) is 0.713. The van der Waals surface area contributed by atoms with Crippen LogP contribution in [0.15, 0.2) is 91.0 Å². The largest absolute Gasteiger partial charge is 0.450 e. The zero-order valence-electron chi connectivity index (χ0n) is 19.9. The molecule has 37 heavy (non-hydrogen) atoms. The number of benzene rings is 4. The molecule has 0 radical (unpaired) electrons. The van der Waals surface area contributed by atoms with Crippen molar-refractivity contribution in [2.24, 2.45) is 0 Å². The van der Waals surface area contributed by atoms with Gasteiger partial charge in [-0.15, -0.1) is 0 Å². The third-order valence-electron chi connectivity index (χ3n) is 6.50. The van der Waals surface area contributed by atoms with E-state index in [0.29, 0.717) is 11.1 Å². The van der Waals surface area contributed by atoms with E-state index in [4.69, 9.17) is 9.26 Å². The lowest BCUT2D eigenvalue weighted by Gasteiger charge is -2.39. The van der Waals surface area contributed by atoms with Gasteiger partial charge in [-0.25, -0.2) is 0 Å². The van der Waals surface area contributed by atoms with E-state index in [1.807, 2.05) is 62.4 Å². The van der Waals surface area contributed by atoms with E-state index in [2.05, 4.69) is 0 Å². The van der Waals surface area contributed by atoms with Crippen LogP contribution in [-0.4, -0.2) is 9.85 Å². The number of nitrogens with zero attached hydrogens (tertiary/aromatic N) is 2. The van der Waals surface area contributed by atoms with Gasteiger partial charge >= 0.3 is 5.69 Å². The zero-order valence-corrected chi connectivity index (χ0v) is 20.8. The second-order valence-electron chi connectivity index (χ2n) is 9.01. The maximum Gasteiger partial charge on any atom is 0.318 e. The molecule has 4 aromatic carbocycles.